The van der Waals surface area contributed by atoms with Crippen LogP contribution in [-0.2, 0) is 4.79 Å². The second-order valence-electron chi connectivity index (χ2n) is 6.17. The number of piperazine rings is 1. The number of rotatable bonds is 4. The first-order valence-electron chi connectivity index (χ1n) is 7.82. The Labute approximate surface area is 116 Å². The Bertz CT molecular complexity index is 293. The van der Waals surface area contributed by atoms with E-state index in [0.717, 1.165) is 38.1 Å². The third-order valence-electron chi connectivity index (χ3n) is 5.16. The van der Waals surface area contributed by atoms with Crippen molar-refractivity contribution in [2.45, 2.75) is 58.0 Å². The maximum Gasteiger partial charge on any atom is 0.320 e. The lowest BCUT2D eigenvalue weighted by Crippen LogP contribution is -2.54. The molecule has 0 aromatic rings. The summed E-state index contributed by atoms with van der Waals surface area (Å²) < 4.78 is 0. The van der Waals surface area contributed by atoms with Crippen LogP contribution in [0.15, 0.2) is 0 Å². The molecule has 1 heterocycles. The molecule has 1 saturated carbocycles. The van der Waals surface area contributed by atoms with Gasteiger partial charge in [-0.05, 0) is 38.5 Å². The molecule has 4 heteroatoms. The molecule has 0 aromatic carbocycles. The van der Waals surface area contributed by atoms with E-state index in [4.69, 9.17) is 5.11 Å². The Balaban J connectivity index is 1.76. The van der Waals surface area contributed by atoms with Crippen LogP contribution in [0.2, 0.25) is 0 Å². The minimum Gasteiger partial charge on any atom is -0.480 e. The zero-order valence-corrected chi connectivity index (χ0v) is 12.3. The van der Waals surface area contributed by atoms with E-state index in [1.807, 2.05) is 0 Å². The van der Waals surface area contributed by atoms with Gasteiger partial charge in [-0.2, -0.15) is 0 Å². The number of nitrogens with zero attached hydrogens (tertiary/aromatic N) is 2. The van der Waals surface area contributed by atoms with Gasteiger partial charge in [0.1, 0.15) is 6.04 Å². The first-order chi connectivity index (χ1) is 9.11. The molecule has 1 aliphatic heterocycles. The van der Waals surface area contributed by atoms with E-state index in [9.17, 15) is 4.79 Å². The van der Waals surface area contributed by atoms with Gasteiger partial charge in [0.15, 0.2) is 0 Å². The fraction of sp³-hybridized carbons (Fsp3) is 0.933. The molecule has 110 valence electrons. The molecule has 0 amide bonds. The van der Waals surface area contributed by atoms with Gasteiger partial charge in [-0.1, -0.05) is 13.3 Å². The molecule has 0 spiro atoms. The molecule has 2 rings (SSSR count). The van der Waals surface area contributed by atoms with Crippen LogP contribution in [0.1, 0.15) is 46.0 Å². The van der Waals surface area contributed by atoms with E-state index >= 15 is 0 Å². The molecule has 2 fully saturated rings. The number of carboxylic acid groups (broad SMARTS) is 1. The Hall–Kier alpha value is -0.610. The van der Waals surface area contributed by atoms with Crippen molar-refractivity contribution in [3.05, 3.63) is 0 Å². The van der Waals surface area contributed by atoms with Crippen molar-refractivity contribution >= 4 is 5.97 Å². The van der Waals surface area contributed by atoms with Crippen LogP contribution in [-0.4, -0.2) is 59.1 Å². The van der Waals surface area contributed by atoms with Gasteiger partial charge in [-0.15, -0.1) is 0 Å². The van der Waals surface area contributed by atoms with E-state index in [0.29, 0.717) is 0 Å². The van der Waals surface area contributed by atoms with Gasteiger partial charge in [0.05, 0.1) is 0 Å². The Morgan fingerprint density at radius 1 is 1.16 bits per heavy atom. The van der Waals surface area contributed by atoms with Gasteiger partial charge in [0, 0.05) is 32.2 Å². The second-order valence-corrected chi connectivity index (χ2v) is 6.17. The van der Waals surface area contributed by atoms with E-state index in [1.165, 1.54) is 32.1 Å². The lowest BCUT2D eigenvalue weighted by Gasteiger charge is -2.42. The molecular formula is C15H28N2O2. The molecule has 2 aliphatic rings. The van der Waals surface area contributed by atoms with Crippen LogP contribution in [0.4, 0.5) is 0 Å². The molecule has 0 aromatic heterocycles. The largest absolute Gasteiger partial charge is 0.480 e. The van der Waals surface area contributed by atoms with Crippen LogP contribution < -0.4 is 0 Å². The molecule has 0 bridgehead atoms. The lowest BCUT2D eigenvalue weighted by atomic mass is 9.84. The lowest BCUT2D eigenvalue weighted by molar-refractivity contribution is -0.143. The zero-order valence-electron chi connectivity index (χ0n) is 12.3. The molecule has 19 heavy (non-hydrogen) atoms. The number of carboxylic acids is 1. The monoisotopic (exact) mass is 268 g/mol. The topological polar surface area (TPSA) is 43.8 Å². The van der Waals surface area contributed by atoms with Gasteiger partial charge in [-0.25, -0.2) is 0 Å². The summed E-state index contributed by atoms with van der Waals surface area (Å²) in [6, 6.07) is 0.420. The highest BCUT2D eigenvalue weighted by molar-refractivity contribution is 5.72. The number of aliphatic carboxylic acids is 1. The zero-order chi connectivity index (χ0) is 13.8. The minimum atomic E-state index is -0.697. The molecule has 4 nitrogen and oxygen atoms in total. The van der Waals surface area contributed by atoms with Crippen molar-refractivity contribution in [3.63, 3.8) is 0 Å². The van der Waals surface area contributed by atoms with Crippen molar-refractivity contribution in [3.8, 4) is 0 Å². The summed E-state index contributed by atoms with van der Waals surface area (Å²) in [6.07, 6.45) is 6.77. The predicted molar refractivity (Wildman–Crippen MR) is 76.3 cm³/mol. The normalized spacial score (nSPS) is 32.1. The summed E-state index contributed by atoms with van der Waals surface area (Å²) in [4.78, 5) is 15.7. The Morgan fingerprint density at radius 2 is 1.74 bits per heavy atom. The smallest absolute Gasteiger partial charge is 0.320 e. The summed E-state index contributed by atoms with van der Waals surface area (Å²) in [5.41, 5.74) is 0. The van der Waals surface area contributed by atoms with E-state index in [1.54, 1.807) is 6.92 Å². The van der Waals surface area contributed by atoms with Gasteiger partial charge < -0.3 is 5.11 Å². The van der Waals surface area contributed by atoms with Crippen molar-refractivity contribution in [2.24, 2.45) is 5.92 Å². The van der Waals surface area contributed by atoms with Gasteiger partial charge in [0.25, 0.3) is 0 Å². The Morgan fingerprint density at radius 3 is 2.21 bits per heavy atom. The van der Waals surface area contributed by atoms with Crippen molar-refractivity contribution in [2.75, 3.05) is 26.2 Å². The van der Waals surface area contributed by atoms with Gasteiger partial charge in [0.2, 0.25) is 0 Å². The quantitative estimate of drug-likeness (QED) is 0.847. The van der Waals surface area contributed by atoms with Crippen LogP contribution in [0.5, 0.6) is 0 Å². The SMILES string of the molecule is CCC1CCC(N2CCN(C(C)C(=O)O)CC2)CC1. The van der Waals surface area contributed by atoms with Gasteiger partial charge >= 0.3 is 5.97 Å². The molecule has 1 N–H and O–H groups in total. The third-order valence-corrected chi connectivity index (χ3v) is 5.16. The molecule has 1 saturated heterocycles. The molecule has 0 radical (unpaired) electrons. The third kappa shape index (κ3) is 3.69. The standard InChI is InChI=1S/C15H28N2O2/c1-3-13-4-6-14(7-5-13)17-10-8-16(9-11-17)12(2)15(18)19/h12-14H,3-11H2,1-2H3,(H,18,19). The predicted octanol–water partition coefficient (Wildman–Crippen LogP) is 2.05. The highest BCUT2D eigenvalue weighted by Crippen LogP contribution is 2.29. The summed E-state index contributed by atoms with van der Waals surface area (Å²) in [6.45, 7) is 7.99. The van der Waals surface area contributed by atoms with Crippen LogP contribution in [0.3, 0.4) is 0 Å². The van der Waals surface area contributed by atoms with Crippen LogP contribution in [0.25, 0.3) is 0 Å². The first kappa shape index (κ1) is 14.8. The van der Waals surface area contributed by atoms with E-state index in [-0.39, 0.29) is 6.04 Å². The molecular weight excluding hydrogens is 240 g/mol. The fourth-order valence-corrected chi connectivity index (χ4v) is 3.56. The fourth-order valence-electron chi connectivity index (χ4n) is 3.56. The van der Waals surface area contributed by atoms with E-state index in [2.05, 4.69) is 16.7 Å². The van der Waals surface area contributed by atoms with Crippen molar-refractivity contribution in [1.29, 1.82) is 0 Å². The number of hydrogen-bond acceptors (Lipinski definition) is 3. The average Bonchev–Trinajstić information content (AvgIpc) is 2.46. The maximum atomic E-state index is 11.0. The van der Waals surface area contributed by atoms with Crippen molar-refractivity contribution in [1.82, 2.24) is 9.80 Å². The highest BCUT2D eigenvalue weighted by Gasteiger charge is 2.30. The molecule has 1 unspecified atom stereocenters. The van der Waals surface area contributed by atoms with Crippen LogP contribution in [0, 0.1) is 5.92 Å². The molecule has 1 atom stereocenters. The summed E-state index contributed by atoms with van der Waals surface area (Å²) in [7, 11) is 0. The summed E-state index contributed by atoms with van der Waals surface area (Å²) in [5, 5.41) is 9.05. The minimum absolute atomic E-state index is 0.335. The number of carbonyl (C=O) groups is 1. The number of hydrogen-bond donors (Lipinski definition) is 1. The van der Waals surface area contributed by atoms with Crippen LogP contribution >= 0.6 is 0 Å². The van der Waals surface area contributed by atoms with Crippen molar-refractivity contribution < 1.29 is 9.90 Å². The first-order valence-corrected chi connectivity index (χ1v) is 7.82. The molecule has 1 aliphatic carbocycles. The maximum absolute atomic E-state index is 11.0. The van der Waals surface area contributed by atoms with E-state index < -0.39 is 5.97 Å². The second kappa shape index (κ2) is 6.71. The summed E-state index contributed by atoms with van der Waals surface area (Å²) in [5.74, 6) is 0.251. The highest BCUT2D eigenvalue weighted by atomic mass is 16.4. The average molecular weight is 268 g/mol. The Kier molecular flexibility index (Phi) is 5.22. The van der Waals surface area contributed by atoms with Gasteiger partial charge in [-0.3, -0.25) is 14.6 Å². The summed E-state index contributed by atoms with van der Waals surface area (Å²) >= 11 is 0.